The standard InChI is InChI=1S/C18H32O15/c1-4-7(21)10(24)12(26)17(29-4)33-15-14(9(23)6(3-20)30-16(15)28)32-18-13(27)11(25)8(22)5(2-19)31-18/h4-28H,2-3H2,1H3/t4-,5+,6+,7+,8-,9-,10+,11-,12-,13+,14-,15+,16?,17-,18-/m0/s1. The summed E-state index contributed by atoms with van der Waals surface area (Å²) in [6.07, 6.45) is -24.1. The summed E-state index contributed by atoms with van der Waals surface area (Å²) in [4.78, 5) is 0. The van der Waals surface area contributed by atoms with Crippen LogP contribution in [0.25, 0.3) is 0 Å². The summed E-state index contributed by atoms with van der Waals surface area (Å²) in [5.74, 6) is 0. The highest BCUT2D eigenvalue weighted by Gasteiger charge is 2.53. The van der Waals surface area contributed by atoms with Crippen molar-refractivity contribution in [1.29, 1.82) is 0 Å². The molecule has 3 aliphatic rings. The summed E-state index contributed by atoms with van der Waals surface area (Å²) in [6, 6.07) is 0. The molecule has 33 heavy (non-hydrogen) atoms. The average Bonchev–Trinajstić information content (AvgIpc) is 2.79. The molecule has 1 unspecified atom stereocenters. The summed E-state index contributed by atoms with van der Waals surface area (Å²) >= 11 is 0. The zero-order valence-electron chi connectivity index (χ0n) is 17.6. The highest BCUT2D eigenvalue weighted by Crippen LogP contribution is 2.32. The topological polar surface area (TPSA) is 248 Å². The van der Waals surface area contributed by atoms with Gasteiger partial charge in [-0.3, -0.25) is 0 Å². The van der Waals surface area contributed by atoms with Crippen molar-refractivity contribution < 1.29 is 74.7 Å². The molecule has 0 saturated carbocycles. The molecule has 10 N–H and O–H groups in total. The molecule has 194 valence electrons. The molecule has 0 aromatic heterocycles. The van der Waals surface area contributed by atoms with E-state index in [9.17, 15) is 51.1 Å². The van der Waals surface area contributed by atoms with Crippen molar-refractivity contribution in [1.82, 2.24) is 0 Å². The van der Waals surface area contributed by atoms with E-state index in [1.54, 1.807) is 0 Å². The van der Waals surface area contributed by atoms with Crippen molar-refractivity contribution in [3.05, 3.63) is 0 Å². The van der Waals surface area contributed by atoms with Crippen LogP contribution in [-0.2, 0) is 23.7 Å². The fourth-order valence-electron chi connectivity index (χ4n) is 3.97. The van der Waals surface area contributed by atoms with Crippen LogP contribution in [0.1, 0.15) is 6.92 Å². The van der Waals surface area contributed by atoms with Gasteiger partial charge in [-0.1, -0.05) is 0 Å². The first-order chi connectivity index (χ1) is 15.5. The predicted molar refractivity (Wildman–Crippen MR) is 99.8 cm³/mol. The van der Waals surface area contributed by atoms with E-state index in [4.69, 9.17) is 23.7 Å². The van der Waals surface area contributed by atoms with Crippen LogP contribution in [0.2, 0.25) is 0 Å². The second-order valence-electron chi connectivity index (χ2n) is 8.32. The monoisotopic (exact) mass is 488 g/mol. The quantitative estimate of drug-likeness (QED) is 0.167. The lowest BCUT2D eigenvalue weighted by atomic mass is 9.96. The Kier molecular flexibility index (Phi) is 8.99. The fourth-order valence-corrected chi connectivity index (χ4v) is 3.97. The molecule has 15 atom stereocenters. The lowest BCUT2D eigenvalue weighted by Crippen LogP contribution is -2.66. The highest BCUT2D eigenvalue weighted by atomic mass is 16.8. The minimum absolute atomic E-state index is 0.747. The Balaban J connectivity index is 1.82. The van der Waals surface area contributed by atoms with Gasteiger partial charge in [0.05, 0.1) is 19.3 Å². The number of hydrogen-bond acceptors (Lipinski definition) is 15. The van der Waals surface area contributed by atoms with Crippen LogP contribution >= 0.6 is 0 Å². The Morgan fingerprint density at radius 3 is 1.61 bits per heavy atom. The third-order valence-electron chi connectivity index (χ3n) is 6.06. The highest BCUT2D eigenvalue weighted by molar-refractivity contribution is 4.96. The van der Waals surface area contributed by atoms with Crippen molar-refractivity contribution in [3.8, 4) is 0 Å². The molecule has 3 heterocycles. The van der Waals surface area contributed by atoms with Gasteiger partial charge >= 0.3 is 0 Å². The first kappa shape index (κ1) is 27.0. The molecule has 3 fully saturated rings. The lowest BCUT2D eigenvalue weighted by molar-refractivity contribution is -0.386. The maximum atomic E-state index is 10.6. The first-order valence-corrected chi connectivity index (χ1v) is 10.4. The maximum Gasteiger partial charge on any atom is 0.187 e. The smallest absolute Gasteiger partial charge is 0.187 e. The van der Waals surface area contributed by atoms with Crippen LogP contribution < -0.4 is 0 Å². The van der Waals surface area contributed by atoms with Gasteiger partial charge in [0.25, 0.3) is 0 Å². The van der Waals surface area contributed by atoms with Gasteiger partial charge in [0.1, 0.15) is 67.1 Å². The Morgan fingerprint density at radius 1 is 0.545 bits per heavy atom. The molecule has 0 aliphatic carbocycles. The van der Waals surface area contributed by atoms with E-state index in [0.717, 1.165) is 0 Å². The van der Waals surface area contributed by atoms with Gasteiger partial charge in [-0.2, -0.15) is 0 Å². The number of aliphatic hydroxyl groups is 10. The molecule has 0 aromatic carbocycles. The number of aliphatic hydroxyl groups excluding tert-OH is 10. The molecule has 0 radical (unpaired) electrons. The number of ether oxygens (including phenoxy) is 5. The van der Waals surface area contributed by atoms with Crippen LogP contribution in [-0.4, -0.2) is 156 Å². The normalized spacial score (nSPS) is 53.7. The minimum Gasteiger partial charge on any atom is -0.394 e. The van der Waals surface area contributed by atoms with Crippen molar-refractivity contribution in [2.75, 3.05) is 13.2 Å². The zero-order valence-corrected chi connectivity index (χ0v) is 17.6. The Labute approximate surface area is 187 Å². The molecule has 0 bridgehead atoms. The SMILES string of the molecule is C[C@@H]1O[C@@H](O[C@H]2C(O)O[C@H](CO)[C@H](O)[C@@H]2O[C@@H]2O[C@H](CO)[C@H](O)[C@H](O)[C@H]2O)[C@@H](O)[C@H](O)[C@@H]1O. The van der Waals surface area contributed by atoms with Gasteiger partial charge in [0, 0.05) is 0 Å². The Bertz CT molecular complexity index is 624. The molecule has 3 aliphatic heterocycles. The van der Waals surface area contributed by atoms with Crippen LogP contribution in [0.3, 0.4) is 0 Å². The van der Waals surface area contributed by atoms with E-state index in [0.29, 0.717) is 0 Å². The van der Waals surface area contributed by atoms with Crippen molar-refractivity contribution in [3.63, 3.8) is 0 Å². The summed E-state index contributed by atoms with van der Waals surface area (Å²) in [5, 5.41) is 100.0. The van der Waals surface area contributed by atoms with Gasteiger partial charge in [-0.15, -0.1) is 0 Å². The summed E-state index contributed by atoms with van der Waals surface area (Å²) in [5.41, 5.74) is 0. The second-order valence-corrected chi connectivity index (χ2v) is 8.32. The van der Waals surface area contributed by atoms with Crippen LogP contribution in [0.4, 0.5) is 0 Å². The van der Waals surface area contributed by atoms with Gasteiger partial charge in [-0.25, -0.2) is 0 Å². The van der Waals surface area contributed by atoms with Crippen LogP contribution in [0.5, 0.6) is 0 Å². The van der Waals surface area contributed by atoms with E-state index in [2.05, 4.69) is 0 Å². The predicted octanol–water partition coefficient (Wildman–Crippen LogP) is -6.55. The van der Waals surface area contributed by atoms with Gasteiger partial charge < -0.3 is 74.7 Å². The molecule has 3 rings (SSSR count). The van der Waals surface area contributed by atoms with E-state index in [1.807, 2.05) is 0 Å². The van der Waals surface area contributed by atoms with Crippen molar-refractivity contribution >= 4 is 0 Å². The average molecular weight is 488 g/mol. The summed E-state index contributed by atoms with van der Waals surface area (Å²) in [7, 11) is 0. The number of hydrogen-bond donors (Lipinski definition) is 10. The third-order valence-corrected chi connectivity index (χ3v) is 6.06. The van der Waals surface area contributed by atoms with Gasteiger partial charge in [-0.05, 0) is 6.92 Å². The van der Waals surface area contributed by atoms with Gasteiger partial charge in [0.15, 0.2) is 18.9 Å². The fraction of sp³-hybridized carbons (Fsp3) is 1.00. The van der Waals surface area contributed by atoms with E-state index < -0.39 is 105 Å². The molecule has 0 spiro atoms. The molecule has 3 saturated heterocycles. The van der Waals surface area contributed by atoms with Crippen LogP contribution in [0.15, 0.2) is 0 Å². The second kappa shape index (κ2) is 11.0. The minimum atomic E-state index is -1.88. The van der Waals surface area contributed by atoms with Crippen LogP contribution in [0, 0.1) is 0 Å². The van der Waals surface area contributed by atoms with E-state index in [1.165, 1.54) is 6.92 Å². The van der Waals surface area contributed by atoms with E-state index >= 15 is 0 Å². The molecule has 0 aromatic rings. The third kappa shape index (κ3) is 5.32. The summed E-state index contributed by atoms with van der Waals surface area (Å²) < 4.78 is 26.7. The van der Waals surface area contributed by atoms with Crippen molar-refractivity contribution in [2.45, 2.75) is 99.0 Å². The van der Waals surface area contributed by atoms with E-state index in [-0.39, 0.29) is 0 Å². The molecule has 15 nitrogen and oxygen atoms in total. The molecular weight excluding hydrogens is 456 g/mol. The lowest BCUT2D eigenvalue weighted by Gasteiger charge is -2.48. The zero-order chi connectivity index (χ0) is 24.6. The molecule has 15 heteroatoms. The molecule has 0 amide bonds. The molecular formula is C18H32O15. The van der Waals surface area contributed by atoms with Crippen molar-refractivity contribution in [2.24, 2.45) is 0 Å². The Morgan fingerprint density at radius 2 is 1.03 bits per heavy atom. The largest absolute Gasteiger partial charge is 0.394 e. The maximum absolute atomic E-state index is 10.6. The summed E-state index contributed by atoms with van der Waals surface area (Å²) in [6.45, 7) is -0.115. The number of rotatable bonds is 6. The first-order valence-electron chi connectivity index (χ1n) is 10.4. The van der Waals surface area contributed by atoms with Gasteiger partial charge in [0.2, 0.25) is 0 Å². The Hall–Kier alpha value is -0.600.